The average molecular weight is 253 g/mol. The maximum absolute atomic E-state index is 12.9. The molecule has 0 aliphatic heterocycles. The molecule has 1 rings (SSSR count). The van der Waals surface area contributed by atoms with E-state index in [4.69, 9.17) is 0 Å². The maximum atomic E-state index is 12.9. The number of allylic oxidation sites excluding steroid dienone is 1. The summed E-state index contributed by atoms with van der Waals surface area (Å²) in [6.07, 6.45) is 2.90. The normalized spacial score (nSPS) is 13.2. The minimum atomic E-state index is -0.911. The highest BCUT2D eigenvalue weighted by Crippen LogP contribution is 2.10. The molecule has 0 fully saturated rings. The van der Waals surface area contributed by atoms with Crippen LogP contribution in [0.25, 0.3) is 6.08 Å². The number of ketones is 1. The zero-order valence-electron chi connectivity index (χ0n) is 10.8. The Balaban J connectivity index is 2.68. The van der Waals surface area contributed by atoms with Crippen molar-refractivity contribution in [3.63, 3.8) is 0 Å². The molecule has 0 aromatic heterocycles. The third-order valence-corrected chi connectivity index (χ3v) is 2.51. The summed E-state index contributed by atoms with van der Waals surface area (Å²) >= 11 is 0. The van der Waals surface area contributed by atoms with E-state index in [1.54, 1.807) is 0 Å². The van der Waals surface area contributed by atoms with Gasteiger partial charge in [0.25, 0.3) is 0 Å². The molecule has 1 aromatic rings. The highest BCUT2D eigenvalue weighted by Gasteiger charge is 2.10. The molecule has 1 atom stereocenters. The Morgan fingerprint density at radius 3 is 2.56 bits per heavy atom. The summed E-state index contributed by atoms with van der Waals surface area (Å²) in [7, 11) is 3.78. The quantitative estimate of drug-likeness (QED) is 0.752. The molecule has 0 unspecified atom stereocenters. The van der Waals surface area contributed by atoms with E-state index >= 15 is 0 Å². The molecule has 0 bridgehead atoms. The summed E-state index contributed by atoms with van der Waals surface area (Å²) in [5.74, 6) is -1.96. The second-order valence-electron chi connectivity index (χ2n) is 4.57. The van der Waals surface area contributed by atoms with E-state index in [-0.39, 0.29) is 11.7 Å². The molecular formula is C14H17F2NO. The summed E-state index contributed by atoms with van der Waals surface area (Å²) < 4.78 is 25.6. The number of carbonyl (C=O) groups excluding carboxylic acids is 1. The van der Waals surface area contributed by atoms with Gasteiger partial charge in [-0.2, -0.15) is 0 Å². The van der Waals surface area contributed by atoms with Crippen molar-refractivity contribution in [2.45, 2.75) is 6.92 Å². The van der Waals surface area contributed by atoms with Gasteiger partial charge in [0.05, 0.1) is 0 Å². The fourth-order valence-corrected chi connectivity index (χ4v) is 1.60. The van der Waals surface area contributed by atoms with E-state index in [1.807, 2.05) is 25.9 Å². The van der Waals surface area contributed by atoms with Gasteiger partial charge in [-0.25, -0.2) is 8.78 Å². The summed E-state index contributed by atoms with van der Waals surface area (Å²) in [6.45, 7) is 2.48. The molecule has 0 amide bonds. The van der Waals surface area contributed by atoms with Crippen LogP contribution >= 0.6 is 0 Å². The molecule has 0 N–H and O–H groups in total. The van der Waals surface area contributed by atoms with Gasteiger partial charge in [0.15, 0.2) is 17.4 Å². The summed E-state index contributed by atoms with van der Waals surface area (Å²) in [5.41, 5.74) is 0.472. The first kappa shape index (κ1) is 14.5. The van der Waals surface area contributed by atoms with Gasteiger partial charge in [0, 0.05) is 12.5 Å². The van der Waals surface area contributed by atoms with E-state index in [0.717, 1.165) is 12.1 Å². The van der Waals surface area contributed by atoms with Crippen LogP contribution in [0.3, 0.4) is 0 Å². The summed E-state index contributed by atoms with van der Waals surface area (Å²) in [5, 5.41) is 0. The van der Waals surface area contributed by atoms with Gasteiger partial charge >= 0.3 is 0 Å². The Morgan fingerprint density at radius 2 is 2.00 bits per heavy atom. The number of nitrogens with zero attached hydrogens (tertiary/aromatic N) is 1. The zero-order valence-corrected chi connectivity index (χ0v) is 10.8. The lowest BCUT2D eigenvalue weighted by Gasteiger charge is -2.13. The van der Waals surface area contributed by atoms with E-state index in [2.05, 4.69) is 0 Å². The molecule has 0 heterocycles. The Kier molecular flexibility index (Phi) is 5.16. The van der Waals surface area contributed by atoms with Gasteiger partial charge in [-0.15, -0.1) is 0 Å². The molecule has 98 valence electrons. The van der Waals surface area contributed by atoms with Crippen LogP contribution in [0, 0.1) is 17.6 Å². The Labute approximate surface area is 106 Å². The molecule has 2 nitrogen and oxygen atoms in total. The second-order valence-corrected chi connectivity index (χ2v) is 4.57. The van der Waals surface area contributed by atoms with E-state index in [0.29, 0.717) is 12.1 Å². The molecule has 0 saturated carbocycles. The topological polar surface area (TPSA) is 20.3 Å². The minimum absolute atomic E-state index is 0.0339. The van der Waals surface area contributed by atoms with Gasteiger partial charge in [-0.05, 0) is 37.9 Å². The highest BCUT2D eigenvalue weighted by molar-refractivity contribution is 5.95. The molecule has 18 heavy (non-hydrogen) atoms. The van der Waals surface area contributed by atoms with Crippen LogP contribution in [0.15, 0.2) is 24.3 Å². The third kappa shape index (κ3) is 4.37. The van der Waals surface area contributed by atoms with Gasteiger partial charge in [-0.1, -0.05) is 19.1 Å². The van der Waals surface area contributed by atoms with Crippen molar-refractivity contribution < 1.29 is 13.6 Å². The van der Waals surface area contributed by atoms with Crippen LogP contribution in [0.1, 0.15) is 12.5 Å². The molecule has 1 aromatic carbocycles. The van der Waals surface area contributed by atoms with E-state index < -0.39 is 11.6 Å². The van der Waals surface area contributed by atoms with Crippen molar-refractivity contribution >= 4 is 11.9 Å². The van der Waals surface area contributed by atoms with Crippen LogP contribution in [-0.2, 0) is 4.79 Å². The van der Waals surface area contributed by atoms with E-state index in [9.17, 15) is 13.6 Å². The molecule has 4 heteroatoms. The maximum Gasteiger partial charge on any atom is 0.159 e. The van der Waals surface area contributed by atoms with Gasteiger partial charge in [0.1, 0.15) is 0 Å². The molecule has 0 radical (unpaired) electrons. The van der Waals surface area contributed by atoms with Gasteiger partial charge in [-0.3, -0.25) is 4.79 Å². The SMILES string of the molecule is C[C@@H](CN(C)C)C(=O)/C=C\c1ccc(F)c(F)c1. The Hall–Kier alpha value is -1.55. The van der Waals surface area contributed by atoms with Gasteiger partial charge in [0.2, 0.25) is 0 Å². The smallest absolute Gasteiger partial charge is 0.159 e. The van der Waals surface area contributed by atoms with Crippen molar-refractivity contribution in [3.8, 4) is 0 Å². The largest absolute Gasteiger partial charge is 0.309 e. The monoisotopic (exact) mass is 253 g/mol. The number of rotatable bonds is 5. The minimum Gasteiger partial charge on any atom is -0.309 e. The van der Waals surface area contributed by atoms with Crippen molar-refractivity contribution in [2.75, 3.05) is 20.6 Å². The predicted octanol–water partition coefficient (Wildman–Crippen LogP) is 2.74. The van der Waals surface area contributed by atoms with E-state index in [1.165, 1.54) is 18.2 Å². The first-order valence-corrected chi connectivity index (χ1v) is 5.72. The number of halogens is 2. The Bertz CT molecular complexity index is 455. The van der Waals surface area contributed by atoms with Crippen molar-refractivity contribution in [1.29, 1.82) is 0 Å². The van der Waals surface area contributed by atoms with Gasteiger partial charge < -0.3 is 4.90 Å². The molecule has 0 aliphatic carbocycles. The highest BCUT2D eigenvalue weighted by atomic mass is 19.2. The third-order valence-electron chi connectivity index (χ3n) is 2.51. The van der Waals surface area contributed by atoms with Crippen molar-refractivity contribution in [3.05, 3.63) is 41.5 Å². The number of benzene rings is 1. The van der Waals surface area contributed by atoms with Crippen LogP contribution in [0.4, 0.5) is 8.78 Å². The number of carbonyl (C=O) groups is 1. The first-order valence-electron chi connectivity index (χ1n) is 5.72. The van der Waals surface area contributed by atoms with Crippen molar-refractivity contribution in [2.24, 2.45) is 5.92 Å². The van der Waals surface area contributed by atoms with Crippen LogP contribution < -0.4 is 0 Å². The molecular weight excluding hydrogens is 236 g/mol. The zero-order chi connectivity index (χ0) is 13.7. The number of hydrogen-bond acceptors (Lipinski definition) is 2. The lowest BCUT2D eigenvalue weighted by Crippen LogP contribution is -2.24. The standard InChI is InChI=1S/C14H17F2NO/c1-10(9-17(2)3)14(18)7-5-11-4-6-12(15)13(16)8-11/h4-8,10H,9H2,1-3H3/b7-5-/t10-/m0/s1. The number of hydrogen-bond donors (Lipinski definition) is 0. The van der Waals surface area contributed by atoms with Crippen LogP contribution in [0.2, 0.25) is 0 Å². The second kappa shape index (κ2) is 6.40. The predicted molar refractivity (Wildman–Crippen MR) is 68.1 cm³/mol. The van der Waals surface area contributed by atoms with Crippen LogP contribution in [0.5, 0.6) is 0 Å². The first-order chi connectivity index (χ1) is 8.40. The van der Waals surface area contributed by atoms with Crippen molar-refractivity contribution in [1.82, 2.24) is 4.90 Å². The fourth-order valence-electron chi connectivity index (χ4n) is 1.60. The molecule has 0 aliphatic rings. The van der Waals surface area contributed by atoms with Crippen LogP contribution in [-0.4, -0.2) is 31.3 Å². The Morgan fingerprint density at radius 1 is 1.33 bits per heavy atom. The average Bonchev–Trinajstić information content (AvgIpc) is 2.29. The lowest BCUT2D eigenvalue weighted by molar-refractivity contribution is -0.118. The summed E-state index contributed by atoms with van der Waals surface area (Å²) in [6, 6.07) is 3.54. The lowest BCUT2D eigenvalue weighted by atomic mass is 10.0. The molecule has 0 spiro atoms. The fraction of sp³-hybridized carbons (Fsp3) is 0.357. The summed E-state index contributed by atoms with van der Waals surface area (Å²) in [4.78, 5) is 13.6. The molecule has 0 saturated heterocycles.